The average molecular weight is 303 g/mol. The fraction of sp³-hybridized carbons (Fsp3) is 0.167. The van der Waals surface area contributed by atoms with Gasteiger partial charge in [-0.25, -0.2) is 4.79 Å². The molecule has 0 saturated heterocycles. The summed E-state index contributed by atoms with van der Waals surface area (Å²) in [6.45, 7) is -0.413. The highest BCUT2D eigenvalue weighted by atomic mass is 35.5. The number of alkyl halides is 1. The number of hydrogen-bond donors (Lipinski definition) is 3. The lowest BCUT2D eigenvalue weighted by atomic mass is 10.2. The Bertz CT molecular complexity index is 489. The molecule has 3 N–H and O–H groups in total. The van der Waals surface area contributed by atoms with Crippen LogP contribution in [0.2, 0.25) is 0 Å². The molecule has 1 aromatic carbocycles. The van der Waals surface area contributed by atoms with E-state index in [1.165, 1.54) is 6.08 Å². The number of aliphatic carboxylic acids is 1. The smallest absolute Gasteiger partial charge is 0.353 e. The monoisotopic (exact) mass is 302 g/mol. The van der Waals surface area contributed by atoms with Gasteiger partial charge in [0, 0.05) is 5.03 Å². The highest BCUT2D eigenvalue weighted by Crippen LogP contribution is 2.11. The van der Waals surface area contributed by atoms with E-state index in [2.05, 4.69) is 10.5 Å². The second kappa shape index (κ2) is 7.78. The molecule has 19 heavy (non-hydrogen) atoms. The number of para-hydroxylation sites is 1. The number of anilines is 1. The molecular weight excluding hydrogens is 291 g/mol. The van der Waals surface area contributed by atoms with Crippen molar-refractivity contribution < 1.29 is 15.0 Å². The Labute approximate surface area is 120 Å². The summed E-state index contributed by atoms with van der Waals surface area (Å²) in [5.41, 5.74) is 2.89. The lowest BCUT2D eigenvalue weighted by Crippen LogP contribution is -2.24. The first-order valence-electron chi connectivity index (χ1n) is 5.27. The average Bonchev–Trinajstić information content (AvgIpc) is 2.39. The van der Waals surface area contributed by atoms with Gasteiger partial charge in [-0.3, -0.25) is 5.43 Å². The van der Waals surface area contributed by atoms with Gasteiger partial charge < -0.3 is 10.2 Å². The molecule has 0 aromatic heterocycles. The Morgan fingerprint density at radius 3 is 2.58 bits per heavy atom. The number of aliphatic hydroxyl groups is 1. The molecular formula is C12H12Cl2N2O3. The summed E-state index contributed by atoms with van der Waals surface area (Å²) >= 11 is 11.4. The number of benzene rings is 1. The zero-order chi connectivity index (χ0) is 14.3. The third kappa shape index (κ3) is 5.30. The molecule has 0 amide bonds. The Balaban J connectivity index is 2.86. The maximum atomic E-state index is 11.0. The minimum atomic E-state index is -1.28. The first-order valence-corrected chi connectivity index (χ1v) is 6.09. The van der Waals surface area contributed by atoms with Gasteiger partial charge in [-0.15, -0.1) is 11.6 Å². The van der Waals surface area contributed by atoms with Gasteiger partial charge in [-0.05, 0) is 18.2 Å². The van der Waals surface area contributed by atoms with Crippen molar-refractivity contribution in [1.29, 1.82) is 0 Å². The summed E-state index contributed by atoms with van der Waals surface area (Å²) in [5.74, 6) is -1.28. The van der Waals surface area contributed by atoms with Crippen molar-refractivity contribution in [2.45, 2.75) is 5.38 Å². The summed E-state index contributed by atoms with van der Waals surface area (Å²) in [7, 11) is 0. The van der Waals surface area contributed by atoms with Crippen molar-refractivity contribution in [2.75, 3.05) is 12.0 Å². The number of carbonyl (C=O) groups is 1. The van der Waals surface area contributed by atoms with E-state index in [9.17, 15) is 4.79 Å². The second-order valence-electron chi connectivity index (χ2n) is 3.45. The molecule has 1 unspecified atom stereocenters. The zero-order valence-electron chi connectivity index (χ0n) is 9.75. The van der Waals surface area contributed by atoms with Crippen molar-refractivity contribution in [1.82, 2.24) is 0 Å². The number of nitrogens with one attached hydrogen (secondary N) is 1. The SMILES string of the molecule is O=C(O)/C(=N/Nc1ccccc1)C(Cl)/C=C(\Cl)CO. The van der Waals surface area contributed by atoms with Crippen molar-refractivity contribution >= 4 is 40.6 Å². The molecule has 0 bridgehead atoms. The van der Waals surface area contributed by atoms with E-state index < -0.39 is 18.0 Å². The summed E-state index contributed by atoms with van der Waals surface area (Å²) in [5, 5.41) is 20.5. The zero-order valence-corrected chi connectivity index (χ0v) is 11.3. The summed E-state index contributed by atoms with van der Waals surface area (Å²) in [4.78, 5) is 11.0. The Kier molecular flexibility index (Phi) is 6.35. The van der Waals surface area contributed by atoms with Crippen molar-refractivity contribution in [3.63, 3.8) is 0 Å². The number of aliphatic hydroxyl groups excluding tert-OH is 1. The maximum Gasteiger partial charge on any atom is 0.353 e. The van der Waals surface area contributed by atoms with Gasteiger partial charge >= 0.3 is 5.97 Å². The number of halogens is 2. The van der Waals surface area contributed by atoms with Gasteiger partial charge in [0.25, 0.3) is 0 Å². The highest BCUT2D eigenvalue weighted by Gasteiger charge is 2.19. The molecule has 1 atom stereocenters. The van der Waals surface area contributed by atoms with Crippen LogP contribution in [0.1, 0.15) is 0 Å². The second-order valence-corrected chi connectivity index (χ2v) is 4.41. The van der Waals surface area contributed by atoms with Crippen LogP contribution in [0.25, 0.3) is 0 Å². The standard InChI is InChI=1S/C12H12Cl2N2O3/c13-8(7-17)6-10(14)11(12(18)19)16-15-9-4-2-1-3-5-9/h1-6,10,15,17H,7H2,(H,18,19)/b8-6-,16-11+. The van der Waals surface area contributed by atoms with Crippen LogP contribution in [0.3, 0.4) is 0 Å². The first kappa shape index (κ1) is 15.5. The Morgan fingerprint density at radius 2 is 2.05 bits per heavy atom. The molecule has 1 rings (SSSR count). The molecule has 7 heteroatoms. The fourth-order valence-corrected chi connectivity index (χ4v) is 1.64. The normalized spacial score (nSPS) is 14.1. The van der Waals surface area contributed by atoms with Crippen LogP contribution in [0.15, 0.2) is 46.5 Å². The fourth-order valence-electron chi connectivity index (χ4n) is 1.16. The number of rotatable bonds is 6. The van der Waals surface area contributed by atoms with Crippen LogP contribution in [0, 0.1) is 0 Å². The molecule has 0 spiro atoms. The van der Waals surface area contributed by atoms with E-state index in [0.717, 1.165) is 0 Å². The van der Waals surface area contributed by atoms with E-state index in [0.29, 0.717) is 5.69 Å². The molecule has 0 saturated carbocycles. The van der Waals surface area contributed by atoms with Gasteiger partial charge in [-0.1, -0.05) is 29.8 Å². The molecule has 0 fully saturated rings. The number of carboxylic acids is 1. The first-order chi connectivity index (χ1) is 9.04. The van der Waals surface area contributed by atoms with Crippen LogP contribution >= 0.6 is 23.2 Å². The summed E-state index contributed by atoms with van der Waals surface area (Å²) < 4.78 is 0. The molecule has 1 aromatic rings. The van der Waals surface area contributed by atoms with E-state index in [1.54, 1.807) is 24.3 Å². The largest absolute Gasteiger partial charge is 0.477 e. The summed E-state index contributed by atoms with van der Waals surface area (Å²) in [6, 6.07) is 8.82. The lowest BCUT2D eigenvalue weighted by molar-refractivity contribution is -0.129. The van der Waals surface area contributed by atoms with Crippen LogP contribution in [-0.2, 0) is 4.79 Å². The van der Waals surface area contributed by atoms with Crippen molar-refractivity contribution in [3.05, 3.63) is 41.4 Å². The molecule has 0 aliphatic carbocycles. The highest BCUT2D eigenvalue weighted by molar-refractivity contribution is 6.50. The Morgan fingerprint density at radius 1 is 1.42 bits per heavy atom. The number of hydrazone groups is 1. The van der Waals surface area contributed by atoms with E-state index in [1.807, 2.05) is 6.07 Å². The van der Waals surface area contributed by atoms with Gasteiger partial charge in [0.05, 0.1) is 12.3 Å². The van der Waals surface area contributed by atoms with Gasteiger partial charge in [0.2, 0.25) is 0 Å². The minimum absolute atomic E-state index is 0.0497. The third-order valence-electron chi connectivity index (χ3n) is 2.04. The maximum absolute atomic E-state index is 11.0. The molecule has 0 radical (unpaired) electrons. The molecule has 0 aliphatic heterocycles. The van der Waals surface area contributed by atoms with Crippen LogP contribution in [-0.4, -0.2) is 33.9 Å². The third-order valence-corrected chi connectivity index (χ3v) is 2.62. The number of carboxylic acid groups (broad SMARTS) is 1. The number of nitrogens with zero attached hydrogens (tertiary/aromatic N) is 1. The van der Waals surface area contributed by atoms with E-state index >= 15 is 0 Å². The van der Waals surface area contributed by atoms with E-state index in [4.69, 9.17) is 33.4 Å². The van der Waals surface area contributed by atoms with Crippen LogP contribution in [0.5, 0.6) is 0 Å². The molecule has 0 aliphatic rings. The topological polar surface area (TPSA) is 81.9 Å². The van der Waals surface area contributed by atoms with Gasteiger partial charge in [-0.2, -0.15) is 5.10 Å². The van der Waals surface area contributed by atoms with Crippen LogP contribution < -0.4 is 5.43 Å². The lowest BCUT2D eigenvalue weighted by Gasteiger charge is -2.06. The molecule has 0 heterocycles. The number of allylic oxidation sites excluding steroid dienone is 1. The minimum Gasteiger partial charge on any atom is -0.477 e. The van der Waals surface area contributed by atoms with E-state index in [-0.39, 0.29) is 10.7 Å². The van der Waals surface area contributed by atoms with Gasteiger partial charge in [0.1, 0.15) is 5.38 Å². The predicted octanol–water partition coefficient (Wildman–Crippen LogP) is 2.26. The molecule has 102 valence electrons. The van der Waals surface area contributed by atoms with Crippen molar-refractivity contribution in [2.24, 2.45) is 5.10 Å². The van der Waals surface area contributed by atoms with Crippen LogP contribution in [0.4, 0.5) is 5.69 Å². The van der Waals surface area contributed by atoms with Gasteiger partial charge in [0.15, 0.2) is 5.71 Å². The Hall–Kier alpha value is -1.56. The van der Waals surface area contributed by atoms with Crippen molar-refractivity contribution in [3.8, 4) is 0 Å². The predicted molar refractivity (Wildman–Crippen MR) is 75.8 cm³/mol. The number of hydrogen-bond acceptors (Lipinski definition) is 4. The summed E-state index contributed by atoms with van der Waals surface area (Å²) in [6.07, 6.45) is 1.21. The molecule has 5 nitrogen and oxygen atoms in total. The quantitative estimate of drug-likeness (QED) is 0.428.